The fourth-order valence-corrected chi connectivity index (χ4v) is 3.18. The van der Waals surface area contributed by atoms with Gasteiger partial charge in [0, 0.05) is 17.5 Å². The number of esters is 1. The van der Waals surface area contributed by atoms with E-state index in [9.17, 15) is 9.59 Å². The number of hydrogen-bond donors (Lipinski definition) is 1. The van der Waals surface area contributed by atoms with E-state index < -0.39 is 12.1 Å². The minimum Gasteiger partial charge on any atom is -0.449 e. The minimum absolute atomic E-state index is 0.257. The summed E-state index contributed by atoms with van der Waals surface area (Å²) in [7, 11) is 0. The van der Waals surface area contributed by atoms with Crippen LogP contribution >= 0.6 is 11.8 Å². The topological polar surface area (TPSA) is 55.4 Å². The lowest BCUT2D eigenvalue weighted by Gasteiger charge is -2.15. The normalized spacial score (nSPS) is 15.4. The van der Waals surface area contributed by atoms with Crippen molar-refractivity contribution in [2.75, 3.05) is 12.8 Å². The number of amides is 1. The Kier molecular flexibility index (Phi) is 8.48. The highest BCUT2D eigenvalue weighted by atomic mass is 32.2. The van der Waals surface area contributed by atoms with E-state index >= 15 is 0 Å². The van der Waals surface area contributed by atoms with Crippen LogP contribution in [0.25, 0.3) is 6.08 Å². The summed E-state index contributed by atoms with van der Waals surface area (Å²) in [5, 5.41) is 2.84. The van der Waals surface area contributed by atoms with Crippen molar-refractivity contribution in [2.24, 2.45) is 0 Å². The van der Waals surface area contributed by atoms with Crippen LogP contribution in [-0.2, 0) is 14.3 Å². The van der Waals surface area contributed by atoms with Gasteiger partial charge in [0.05, 0.1) is 0 Å². The first-order valence-electron chi connectivity index (χ1n) is 9.07. The molecule has 26 heavy (non-hydrogen) atoms. The Morgan fingerprint density at radius 2 is 2.04 bits per heavy atom. The van der Waals surface area contributed by atoms with Crippen molar-refractivity contribution in [3.8, 4) is 0 Å². The van der Waals surface area contributed by atoms with E-state index in [1.165, 1.54) is 29.4 Å². The van der Waals surface area contributed by atoms with E-state index in [4.69, 9.17) is 4.74 Å². The molecule has 1 aromatic carbocycles. The molecule has 5 heteroatoms. The van der Waals surface area contributed by atoms with Gasteiger partial charge in [-0.2, -0.15) is 0 Å². The molecule has 0 aromatic heterocycles. The Hall–Kier alpha value is -2.01. The minimum atomic E-state index is -0.800. The summed E-state index contributed by atoms with van der Waals surface area (Å²) in [5.41, 5.74) is 2.33. The molecular weight excluding hydrogens is 346 g/mol. The lowest BCUT2D eigenvalue weighted by atomic mass is 9.97. The van der Waals surface area contributed by atoms with Crippen LogP contribution in [0.15, 0.2) is 46.9 Å². The molecule has 0 heterocycles. The second kappa shape index (κ2) is 10.9. The Labute approximate surface area is 160 Å². The molecule has 0 fully saturated rings. The summed E-state index contributed by atoms with van der Waals surface area (Å²) in [4.78, 5) is 25.1. The number of benzene rings is 1. The van der Waals surface area contributed by atoms with Gasteiger partial charge in [0.25, 0.3) is 5.91 Å². The molecule has 1 N–H and O–H groups in total. The van der Waals surface area contributed by atoms with Gasteiger partial charge < -0.3 is 10.1 Å². The molecule has 0 bridgehead atoms. The standard InChI is InChI=1S/C21H27NO3S/c1-16(21(24)22-15-14-17-6-4-3-5-7-17)25-20(23)13-10-18-8-11-19(26-2)12-9-18/h6,8-13,16H,3-5,7,14-15H2,1-2H3,(H,22,24)/b13-10+/t16-/m0/s1. The molecular formula is C21H27NO3S. The van der Waals surface area contributed by atoms with E-state index in [2.05, 4.69) is 11.4 Å². The number of hydrogen-bond acceptors (Lipinski definition) is 4. The number of allylic oxidation sites excluding steroid dienone is 1. The number of ether oxygens (including phenoxy) is 1. The van der Waals surface area contributed by atoms with Crippen LogP contribution in [0, 0.1) is 0 Å². The third-order valence-corrected chi connectivity index (χ3v) is 5.06. The quantitative estimate of drug-likeness (QED) is 0.318. The largest absolute Gasteiger partial charge is 0.449 e. The van der Waals surface area contributed by atoms with Gasteiger partial charge in [-0.25, -0.2) is 4.79 Å². The molecule has 1 aliphatic carbocycles. The monoisotopic (exact) mass is 373 g/mol. The van der Waals surface area contributed by atoms with Crippen molar-refractivity contribution in [1.29, 1.82) is 0 Å². The molecule has 1 aliphatic rings. The Morgan fingerprint density at radius 1 is 1.27 bits per heavy atom. The van der Waals surface area contributed by atoms with Crippen LogP contribution in [-0.4, -0.2) is 30.8 Å². The summed E-state index contributed by atoms with van der Waals surface area (Å²) in [6, 6.07) is 7.86. The molecule has 4 nitrogen and oxygen atoms in total. The van der Waals surface area contributed by atoms with Crippen LogP contribution < -0.4 is 5.32 Å². The smallest absolute Gasteiger partial charge is 0.331 e. The highest BCUT2D eigenvalue weighted by molar-refractivity contribution is 7.98. The zero-order chi connectivity index (χ0) is 18.8. The van der Waals surface area contributed by atoms with Gasteiger partial charge in [-0.3, -0.25) is 4.79 Å². The van der Waals surface area contributed by atoms with E-state index in [-0.39, 0.29) is 5.91 Å². The number of carbonyl (C=O) groups excluding carboxylic acids is 2. The SMILES string of the molecule is CSc1ccc(/C=C/C(=O)O[C@@H](C)C(=O)NCCC2=CCCCC2)cc1. The molecule has 0 saturated carbocycles. The van der Waals surface area contributed by atoms with Gasteiger partial charge in [0.1, 0.15) is 0 Å². The maximum Gasteiger partial charge on any atom is 0.331 e. The Morgan fingerprint density at radius 3 is 2.69 bits per heavy atom. The zero-order valence-electron chi connectivity index (χ0n) is 15.5. The summed E-state index contributed by atoms with van der Waals surface area (Å²) >= 11 is 1.67. The van der Waals surface area contributed by atoms with Crippen molar-refractivity contribution in [3.63, 3.8) is 0 Å². The summed E-state index contributed by atoms with van der Waals surface area (Å²) in [6.45, 7) is 2.18. The molecule has 1 aromatic rings. The number of carbonyl (C=O) groups is 2. The summed E-state index contributed by atoms with van der Waals surface area (Å²) in [6.07, 6.45) is 12.2. The second-order valence-electron chi connectivity index (χ2n) is 6.33. The number of nitrogens with one attached hydrogen (secondary N) is 1. The van der Waals surface area contributed by atoms with Crippen LogP contribution in [0.2, 0.25) is 0 Å². The Bertz CT molecular complexity index is 664. The van der Waals surface area contributed by atoms with E-state index in [1.807, 2.05) is 30.5 Å². The maximum atomic E-state index is 12.0. The van der Waals surface area contributed by atoms with E-state index in [0.717, 1.165) is 24.8 Å². The average Bonchev–Trinajstić information content (AvgIpc) is 2.67. The highest BCUT2D eigenvalue weighted by Crippen LogP contribution is 2.19. The van der Waals surface area contributed by atoms with Crippen LogP contribution in [0.3, 0.4) is 0 Å². The van der Waals surface area contributed by atoms with Crippen LogP contribution in [0.1, 0.15) is 44.6 Å². The van der Waals surface area contributed by atoms with Crippen molar-refractivity contribution in [3.05, 3.63) is 47.6 Å². The van der Waals surface area contributed by atoms with Gasteiger partial charge in [0.2, 0.25) is 0 Å². The van der Waals surface area contributed by atoms with Crippen LogP contribution in [0.5, 0.6) is 0 Å². The fourth-order valence-electron chi connectivity index (χ4n) is 2.77. The second-order valence-corrected chi connectivity index (χ2v) is 7.21. The molecule has 0 radical (unpaired) electrons. The van der Waals surface area contributed by atoms with E-state index in [0.29, 0.717) is 6.54 Å². The molecule has 1 atom stereocenters. The fraction of sp³-hybridized carbons (Fsp3) is 0.429. The maximum absolute atomic E-state index is 12.0. The first-order chi connectivity index (χ1) is 12.6. The highest BCUT2D eigenvalue weighted by Gasteiger charge is 2.16. The van der Waals surface area contributed by atoms with Crippen molar-refractivity contribution in [1.82, 2.24) is 5.32 Å². The lowest BCUT2D eigenvalue weighted by molar-refractivity contribution is -0.150. The molecule has 0 saturated heterocycles. The van der Waals surface area contributed by atoms with Crippen LogP contribution in [0.4, 0.5) is 0 Å². The molecule has 1 amide bonds. The third-order valence-electron chi connectivity index (χ3n) is 4.32. The van der Waals surface area contributed by atoms with Crippen molar-refractivity contribution in [2.45, 2.75) is 50.0 Å². The first-order valence-corrected chi connectivity index (χ1v) is 10.3. The zero-order valence-corrected chi connectivity index (χ0v) is 16.3. The Balaban J connectivity index is 1.71. The van der Waals surface area contributed by atoms with Gasteiger partial charge in [-0.05, 0) is 69.1 Å². The van der Waals surface area contributed by atoms with Crippen molar-refractivity contribution >= 4 is 29.7 Å². The lowest BCUT2D eigenvalue weighted by Crippen LogP contribution is -2.36. The van der Waals surface area contributed by atoms with E-state index in [1.54, 1.807) is 24.8 Å². The molecule has 2 rings (SSSR count). The summed E-state index contributed by atoms with van der Waals surface area (Å²) in [5.74, 6) is -0.774. The number of rotatable bonds is 8. The molecule has 0 spiro atoms. The van der Waals surface area contributed by atoms with Gasteiger partial charge >= 0.3 is 5.97 Å². The number of thioether (sulfide) groups is 1. The third kappa shape index (κ3) is 7.08. The first kappa shape index (κ1) is 20.3. The molecule has 140 valence electrons. The van der Waals surface area contributed by atoms with Gasteiger partial charge in [-0.1, -0.05) is 23.8 Å². The molecule has 0 aliphatic heterocycles. The predicted octanol–water partition coefficient (Wildman–Crippen LogP) is 4.36. The van der Waals surface area contributed by atoms with Gasteiger partial charge in [-0.15, -0.1) is 11.8 Å². The predicted molar refractivity (Wildman–Crippen MR) is 107 cm³/mol. The van der Waals surface area contributed by atoms with Crippen molar-refractivity contribution < 1.29 is 14.3 Å². The van der Waals surface area contributed by atoms with Gasteiger partial charge in [0.15, 0.2) is 6.10 Å². The summed E-state index contributed by atoms with van der Waals surface area (Å²) < 4.78 is 5.16. The molecule has 0 unspecified atom stereocenters. The average molecular weight is 374 g/mol.